The third kappa shape index (κ3) is 3.71. The van der Waals surface area contributed by atoms with Crippen LogP contribution < -0.4 is 14.8 Å². The Balaban J connectivity index is 1.90. The quantitative estimate of drug-likeness (QED) is 0.679. The molecule has 1 N–H and O–H groups in total. The summed E-state index contributed by atoms with van der Waals surface area (Å²) >= 11 is 1.52. The van der Waals surface area contributed by atoms with E-state index in [1.807, 2.05) is 32.2 Å². The van der Waals surface area contributed by atoms with Crippen molar-refractivity contribution in [2.45, 2.75) is 26.3 Å². The zero-order chi connectivity index (χ0) is 18.7. The van der Waals surface area contributed by atoms with Crippen molar-refractivity contribution in [3.8, 4) is 32.8 Å². The highest BCUT2D eigenvalue weighted by Crippen LogP contribution is 2.37. The van der Waals surface area contributed by atoms with Crippen LogP contribution in [0.25, 0.3) is 21.3 Å². The van der Waals surface area contributed by atoms with Gasteiger partial charge in [-0.2, -0.15) is 4.98 Å². The maximum atomic E-state index is 5.44. The summed E-state index contributed by atoms with van der Waals surface area (Å²) in [5.74, 6) is 2.54. The average molecular weight is 374 g/mol. The van der Waals surface area contributed by atoms with Gasteiger partial charge in [0, 0.05) is 18.0 Å². The second kappa shape index (κ2) is 7.84. The number of thiazole rings is 1. The number of hydrogen-bond acceptors (Lipinski definition) is 8. The van der Waals surface area contributed by atoms with E-state index in [4.69, 9.17) is 14.0 Å². The van der Waals surface area contributed by atoms with Gasteiger partial charge in [0.2, 0.25) is 0 Å². The molecule has 2 heterocycles. The van der Waals surface area contributed by atoms with E-state index in [2.05, 4.69) is 27.4 Å². The third-order valence-electron chi connectivity index (χ3n) is 4.07. The summed E-state index contributed by atoms with van der Waals surface area (Å²) in [7, 11) is 5.14. The molecule has 3 aromatic rings. The van der Waals surface area contributed by atoms with Gasteiger partial charge in [-0.3, -0.25) is 0 Å². The molecule has 1 atom stereocenters. The summed E-state index contributed by atoms with van der Waals surface area (Å²) in [4.78, 5) is 10.0. The Morgan fingerprint density at radius 2 is 1.96 bits per heavy atom. The molecule has 26 heavy (non-hydrogen) atoms. The van der Waals surface area contributed by atoms with Crippen molar-refractivity contribution in [2.75, 3.05) is 21.3 Å². The van der Waals surface area contributed by atoms with E-state index in [1.54, 1.807) is 14.2 Å². The summed E-state index contributed by atoms with van der Waals surface area (Å²) < 4.78 is 16.1. The lowest BCUT2D eigenvalue weighted by atomic mass is 10.2. The molecule has 1 unspecified atom stereocenters. The second-order valence-corrected chi connectivity index (χ2v) is 6.91. The number of methoxy groups -OCH3 is 2. The third-order valence-corrected chi connectivity index (χ3v) is 5.27. The summed E-state index contributed by atoms with van der Waals surface area (Å²) in [5, 5.41) is 8.10. The minimum Gasteiger partial charge on any atom is -0.493 e. The van der Waals surface area contributed by atoms with Crippen LogP contribution in [-0.4, -0.2) is 42.4 Å². The number of nitrogens with zero attached hydrogens (tertiary/aromatic N) is 3. The van der Waals surface area contributed by atoms with Crippen LogP contribution in [0.2, 0.25) is 0 Å². The van der Waals surface area contributed by atoms with Gasteiger partial charge in [0.1, 0.15) is 9.88 Å². The van der Waals surface area contributed by atoms with E-state index in [-0.39, 0.29) is 6.04 Å². The largest absolute Gasteiger partial charge is 0.493 e. The lowest BCUT2D eigenvalue weighted by molar-refractivity contribution is 0.355. The Labute approximate surface area is 156 Å². The van der Waals surface area contributed by atoms with Crippen LogP contribution >= 0.6 is 11.3 Å². The molecule has 0 aliphatic rings. The van der Waals surface area contributed by atoms with Crippen molar-refractivity contribution >= 4 is 11.3 Å². The monoisotopic (exact) mass is 374 g/mol. The Hall–Kier alpha value is -2.45. The van der Waals surface area contributed by atoms with Gasteiger partial charge in [-0.25, -0.2) is 4.98 Å². The lowest BCUT2D eigenvalue weighted by Crippen LogP contribution is -2.24. The van der Waals surface area contributed by atoms with Crippen LogP contribution in [0.1, 0.15) is 18.4 Å². The van der Waals surface area contributed by atoms with Crippen LogP contribution in [0.4, 0.5) is 0 Å². The summed E-state index contributed by atoms with van der Waals surface area (Å²) in [6, 6.07) is 6.02. The number of ether oxygens (including phenoxy) is 2. The smallest absolute Gasteiger partial charge is 0.269 e. The van der Waals surface area contributed by atoms with Crippen LogP contribution in [-0.2, 0) is 6.42 Å². The molecule has 138 valence electrons. The molecule has 1 aromatic carbocycles. The average Bonchev–Trinajstić information content (AvgIpc) is 3.27. The molecule has 0 spiro atoms. The molecule has 0 radical (unpaired) electrons. The van der Waals surface area contributed by atoms with E-state index in [0.717, 1.165) is 21.1 Å². The molecule has 0 aliphatic heterocycles. The topological polar surface area (TPSA) is 82.3 Å². The molecule has 0 saturated heterocycles. The summed E-state index contributed by atoms with van der Waals surface area (Å²) in [6.45, 7) is 4.01. The van der Waals surface area contributed by atoms with Crippen LogP contribution in [0.15, 0.2) is 22.7 Å². The first kappa shape index (κ1) is 18.3. The van der Waals surface area contributed by atoms with E-state index in [1.165, 1.54) is 11.3 Å². The van der Waals surface area contributed by atoms with Crippen LogP contribution in [0, 0.1) is 6.92 Å². The fourth-order valence-corrected chi connectivity index (χ4v) is 3.48. The number of aromatic nitrogens is 3. The predicted molar refractivity (Wildman–Crippen MR) is 101 cm³/mol. The molecule has 0 bridgehead atoms. The van der Waals surface area contributed by atoms with Gasteiger partial charge in [-0.15, -0.1) is 11.3 Å². The van der Waals surface area contributed by atoms with Crippen molar-refractivity contribution in [3.63, 3.8) is 0 Å². The Kier molecular flexibility index (Phi) is 5.53. The molecule has 7 nitrogen and oxygen atoms in total. The van der Waals surface area contributed by atoms with E-state index in [0.29, 0.717) is 29.6 Å². The molecule has 0 fully saturated rings. The number of rotatable bonds is 7. The van der Waals surface area contributed by atoms with Gasteiger partial charge >= 0.3 is 0 Å². The highest BCUT2D eigenvalue weighted by Gasteiger charge is 2.18. The van der Waals surface area contributed by atoms with E-state index >= 15 is 0 Å². The number of benzene rings is 1. The molecule has 0 aliphatic carbocycles. The van der Waals surface area contributed by atoms with E-state index < -0.39 is 0 Å². The molecule has 0 amide bonds. The predicted octanol–water partition coefficient (Wildman–Crippen LogP) is 3.34. The van der Waals surface area contributed by atoms with Crippen molar-refractivity contribution in [2.24, 2.45) is 0 Å². The molecular formula is C18H22N4O3S. The minimum absolute atomic E-state index is 0.283. The van der Waals surface area contributed by atoms with Crippen molar-refractivity contribution in [1.82, 2.24) is 20.4 Å². The van der Waals surface area contributed by atoms with Crippen LogP contribution in [0.5, 0.6) is 11.5 Å². The highest BCUT2D eigenvalue weighted by atomic mass is 32.1. The number of hydrogen-bond donors (Lipinski definition) is 1. The van der Waals surface area contributed by atoms with Gasteiger partial charge < -0.3 is 19.3 Å². The Morgan fingerprint density at radius 1 is 1.19 bits per heavy atom. The first-order valence-corrected chi connectivity index (χ1v) is 9.07. The van der Waals surface area contributed by atoms with Gasteiger partial charge in [0.15, 0.2) is 17.3 Å². The van der Waals surface area contributed by atoms with Gasteiger partial charge in [0.25, 0.3) is 5.89 Å². The Morgan fingerprint density at radius 3 is 2.65 bits per heavy atom. The Bertz CT molecular complexity index is 890. The minimum atomic E-state index is 0.283. The molecule has 3 rings (SSSR count). The highest BCUT2D eigenvalue weighted by molar-refractivity contribution is 7.18. The molecular weight excluding hydrogens is 352 g/mol. The van der Waals surface area contributed by atoms with Gasteiger partial charge in [-0.1, -0.05) is 5.16 Å². The first-order chi connectivity index (χ1) is 12.5. The van der Waals surface area contributed by atoms with Crippen LogP contribution in [0.3, 0.4) is 0 Å². The second-order valence-electron chi connectivity index (χ2n) is 5.91. The lowest BCUT2D eigenvalue weighted by Gasteiger charge is -2.08. The SMILES string of the molecule is CNC(C)Cc1noc(-c2sc(-c3ccc(OC)c(OC)c3)nc2C)n1. The van der Waals surface area contributed by atoms with Gasteiger partial charge in [-0.05, 0) is 39.1 Å². The fraction of sp³-hybridized carbons (Fsp3) is 0.389. The molecule has 8 heteroatoms. The maximum absolute atomic E-state index is 5.44. The first-order valence-electron chi connectivity index (χ1n) is 8.25. The fourth-order valence-electron chi connectivity index (χ4n) is 2.49. The number of likely N-dealkylation sites (N-methyl/N-ethyl adjacent to an activating group) is 1. The summed E-state index contributed by atoms with van der Waals surface area (Å²) in [5.41, 5.74) is 1.81. The number of nitrogens with one attached hydrogen (secondary N) is 1. The molecule has 2 aromatic heterocycles. The van der Waals surface area contributed by atoms with E-state index in [9.17, 15) is 0 Å². The van der Waals surface area contributed by atoms with Crippen molar-refractivity contribution < 1.29 is 14.0 Å². The number of aryl methyl sites for hydroxylation is 1. The van der Waals surface area contributed by atoms with Crippen molar-refractivity contribution in [1.29, 1.82) is 0 Å². The maximum Gasteiger partial charge on any atom is 0.269 e. The zero-order valence-corrected chi connectivity index (χ0v) is 16.3. The zero-order valence-electron chi connectivity index (χ0n) is 15.5. The normalized spacial score (nSPS) is 12.2. The standard InChI is InChI=1S/C18H22N4O3S/c1-10(19-3)8-15-21-17(25-22-15)16-11(2)20-18(26-16)12-6-7-13(23-4)14(9-12)24-5/h6-7,9-10,19H,8H2,1-5H3. The van der Waals surface area contributed by atoms with Gasteiger partial charge in [0.05, 0.1) is 19.9 Å². The van der Waals surface area contributed by atoms with Crippen molar-refractivity contribution in [3.05, 3.63) is 29.7 Å². The molecule has 0 saturated carbocycles. The summed E-state index contributed by atoms with van der Waals surface area (Å²) in [6.07, 6.45) is 0.709.